The molecular formula is C22H26ClN3O3. The van der Waals surface area contributed by atoms with Gasteiger partial charge in [0.05, 0.1) is 19.4 Å². The van der Waals surface area contributed by atoms with E-state index >= 15 is 0 Å². The Bertz CT molecular complexity index is 866. The molecule has 1 amide bonds. The first-order valence-corrected chi connectivity index (χ1v) is 9.37. The largest absolute Gasteiger partial charge is 0.469 e. The number of nitrogen functional groups attached to an aromatic ring is 1. The number of esters is 1. The van der Waals surface area contributed by atoms with Crippen LogP contribution in [0.25, 0.3) is 11.1 Å². The van der Waals surface area contributed by atoms with Gasteiger partial charge in [-0.3, -0.25) is 15.0 Å². The van der Waals surface area contributed by atoms with Crippen molar-refractivity contribution in [2.75, 3.05) is 20.2 Å². The lowest BCUT2D eigenvalue weighted by Crippen LogP contribution is -2.30. The van der Waals surface area contributed by atoms with Gasteiger partial charge in [-0.2, -0.15) is 0 Å². The molecule has 1 atom stereocenters. The lowest BCUT2D eigenvalue weighted by Gasteiger charge is -2.16. The smallest absolute Gasteiger partial charge is 0.306 e. The second-order valence-electron chi connectivity index (χ2n) is 7.03. The number of hydrogen-bond donors (Lipinski definition) is 2. The van der Waals surface area contributed by atoms with Gasteiger partial charge >= 0.3 is 5.97 Å². The fraction of sp³-hybridized carbons (Fsp3) is 0.318. The second-order valence-corrected chi connectivity index (χ2v) is 7.03. The summed E-state index contributed by atoms with van der Waals surface area (Å²) in [6.07, 6.45) is 1.66. The first kappa shape index (κ1) is 22.4. The number of amides is 1. The molecule has 1 aliphatic heterocycles. The van der Waals surface area contributed by atoms with Gasteiger partial charge in [-0.1, -0.05) is 48.5 Å². The molecule has 0 bridgehead atoms. The van der Waals surface area contributed by atoms with E-state index in [2.05, 4.69) is 29.0 Å². The second kappa shape index (κ2) is 10.1. The van der Waals surface area contributed by atoms with E-state index in [1.54, 1.807) is 0 Å². The molecule has 1 aliphatic rings. The Morgan fingerprint density at radius 3 is 2.28 bits per heavy atom. The summed E-state index contributed by atoms with van der Waals surface area (Å²) in [6.45, 7) is 1.35. The molecule has 0 saturated carbocycles. The molecule has 3 rings (SSSR count). The molecule has 0 spiro atoms. The highest BCUT2D eigenvalue weighted by Crippen LogP contribution is 2.23. The summed E-state index contributed by atoms with van der Waals surface area (Å²) in [5.74, 6) is -0.459. The third kappa shape index (κ3) is 5.57. The molecule has 2 aromatic carbocycles. The highest BCUT2D eigenvalue weighted by molar-refractivity contribution is 5.95. The number of benzene rings is 2. The summed E-state index contributed by atoms with van der Waals surface area (Å²) < 4.78 is 4.66. The molecule has 1 unspecified atom stereocenters. The third-order valence-electron chi connectivity index (χ3n) is 5.20. The van der Waals surface area contributed by atoms with Gasteiger partial charge in [-0.25, -0.2) is 0 Å². The molecule has 3 N–H and O–H groups in total. The number of rotatable bonds is 7. The van der Waals surface area contributed by atoms with Crippen molar-refractivity contribution in [3.05, 3.63) is 59.7 Å². The molecule has 1 fully saturated rings. The summed E-state index contributed by atoms with van der Waals surface area (Å²) in [6, 6.07) is 15.9. The van der Waals surface area contributed by atoms with Crippen molar-refractivity contribution in [1.82, 2.24) is 4.90 Å². The van der Waals surface area contributed by atoms with Crippen molar-refractivity contribution in [3.63, 3.8) is 0 Å². The maximum absolute atomic E-state index is 12.4. The Morgan fingerprint density at radius 1 is 1.14 bits per heavy atom. The molecule has 1 saturated heterocycles. The van der Waals surface area contributed by atoms with Gasteiger partial charge < -0.3 is 15.4 Å². The summed E-state index contributed by atoms with van der Waals surface area (Å²) in [5, 5.41) is 7.45. The van der Waals surface area contributed by atoms with Crippen molar-refractivity contribution in [2.24, 2.45) is 11.7 Å². The number of carbonyl (C=O) groups is 2. The van der Waals surface area contributed by atoms with Gasteiger partial charge in [0, 0.05) is 18.7 Å². The minimum Gasteiger partial charge on any atom is -0.469 e. The summed E-state index contributed by atoms with van der Waals surface area (Å²) in [5.41, 5.74) is 9.52. The van der Waals surface area contributed by atoms with E-state index in [1.165, 1.54) is 7.11 Å². The zero-order chi connectivity index (χ0) is 20.1. The van der Waals surface area contributed by atoms with E-state index in [9.17, 15) is 9.59 Å². The molecule has 2 aromatic rings. The highest BCUT2D eigenvalue weighted by atomic mass is 35.5. The van der Waals surface area contributed by atoms with Crippen LogP contribution in [0.1, 0.15) is 24.0 Å². The molecule has 29 heavy (non-hydrogen) atoms. The van der Waals surface area contributed by atoms with Crippen LogP contribution in [0, 0.1) is 11.3 Å². The van der Waals surface area contributed by atoms with Gasteiger partial charge in [0.25, 0.3) is 0 Å². The van der Waals surface area contributed by atoms with Crippen molar-refractivity contribution >= 4 is 30.1 Å². The van der Waals surface area contributed by atoms with E-state index in [1.807, 2.05) is 29.2 Å². The fourth-order valence-corrected chi connectivity index (χ4v) is 3.47. The summed E-state index contributed by atoms with van der Waals surface area (Å²) >= 11 is 0. The normalized spacial score (nSPS) is 15.7. The van der Waals surface area contributed by atoms with Crippen LogP contribution in [0.15, 0.2) is 48.5 Å². The molecule has 6 nitrogen and oxygen atoms in total. The third-order valence-corrected chi connectivity index (χ3v) is 5.20. The van der Waals surface area contributed by atoms with Gasteiger partial charge in [-0.15, -0.1) is 12.4 Å². The minimum atomic E-state index is -0.327. The van der Waals surface area contributed by atoms with Crippen LogP contribution in [0.4, 0.5) is 0 Å². The number of nitrogens with one attached hydrogen (secondary N) is 1. The lowest BCUT2D eigenvalue weighted by molar-refractivity contribution is -0.144. The van der Waals surface area contributed by atoms with Gasteiger partial charge in [0.2, 0.25) is 5.91 Å². The topological polar surface area (TPSA) is 96.5 Å². The van der Waals surface area contributed by atoms with Gasteiger partial charge in [0.1, 0.15) is 5.84 Å². The van der Waals surface area contributed by atoms with Crippen molar-refractivity contribution in [2.45, 2.75) is 19.3 Å². The monoisotopic (exact) mass is 415 g/mol. The SMILES string of the molecule is COC(=O)CC1CCN(CCc2ccc(-c3ccc(C(=N)N)cc3)cc2)C1=O.Cl. The molecule has 7 heteroatoms. The number of halogens is 1. The Labute approximate surface area is 177 Å². The van der Waals surface area contributed by atoms with Crippen LogP contribution in [-0.2, 0) is 20.7 Å². The Kier molecular flexibility index (Phi) is 7.79. The van der Waals surface area contributed by atoms with Crippen LogP contribution in [-0.4, -0.2) is 42.8 Å². The van der Waals surface area contributed by atoms with Crippen molar-refractivity contribution in [3.8, 4) is 11.1 Å². The number of ether oxygens (including phenoxy) is 1. The van der Waals surface area contributed by atoms with Crippen LogP contribution in [0.3, 0.4) is 0 Å². The number of carbonyl (C=O) groups excluding carboxylic acids is 2. The van der Waals surface area contributed by atoms with E-state index < -0.39 is 0 Å². The maximum atomic E-state index is 12.4. The Balaban J connectivity index is 0.00000300. The van der Waals surface area contributed by atoms with Crippen LogP contribution in [0.5, 0.6) is 0 Å². The quantitative estimate of drug-likeness (QED) is 0.412. The molecule has 1 heterocycles. The zero-order valence-corrected chi connectivity index (χ0v) is 17.2. The van der Waals surface area contributed by atoms with E-state index in [-0.39, 0.29) is 42.5 Å². The van der Waals surface area contributed by atoms with Gasteiger partial charge in [-0.05, 0) is 29.5 Å². The summed E-state index contributed by atoms with van der Waals surface area (Å²) in [7, 11) is 1.35. The Hall–Kier alpha value is -2.86. The fourth-order valence-electron chi connectivity index (χ4n) is 3.47. The average molecular weight is 416 g/mol. The van der Waals surface area contributed by atoms with E-state index in [0.717, 1.165) is 23.1 Å². The highest BCUT2D eigenvalue weighted by Gasteiger charge is 2.32. The van der Waals surface area contributed by atoms with Crippen molar-refractivity contribution in [1.29, 1.82) is 5.41 Å². The molecule has 0 aliphatic carbocycles. The van der Waals surface area contributed by atoms with E-state index in [4.69, 9.17) is 11.1 Å². The maximum Gasteiger partial charge on any atom is 0.306 e. The number of hydrogen-bond acceptors (Lipinski definition) is 4. The zero-order valence-electron chi connectivity index (χ0n) is 16.4. The molecule has 0 aromatic heterocycles. The standard InChI is InChI=1S/C22H25N3O3.ClH/c1-28-20(26)14-19-11-13-25(22(19)27)12-10-15-2-4-16(5-3-15)17-6-8-18(9-7-17)21(23)24;/h2-9,19H,10-14H2,1H3,(H3,23,24);1H. The number of methoxy groups -OCH3 is 1. The first-order chi connectivity index (χ1) is 13.5. The van der Waals surface area contributed by atoms with Crippen LogP contribution in [0.2, 0.25) is 0 Å². The Morgan fingerprint density at radius 2 is 1.72 bits per heavy atom. The number of amidine groups is 1. The van der Waals surface area contributed by atoms with Gasteiger partial charge in [0.15, 0.2) is 0 Å². The van der Waals surface area contributed by atoms with Crippen LogP contribution >= 0.6 is 12.4 Å². The summed E-state index contributed by atoms with van der Waals surface area (Å²) in [4.78, 5) is 25.6. The lowest BCUT2D eigenvalue weighted by atomic mass is 10.0. The first-order valence-electron chi connectivity index (χ1n) is 9.37. The number of nitrogens with two attached hydrogens (primary N) is 1. The predicted octanol–water partition coefficient (Wildman–Crippen LogP) is 3.01. The number of nitrogens with zero attached hydrogens (tertiary/aromatic N) is 1. The van der Waals surface area contributed by atoms with Crippen molar-refractivity contribution < 1.29 is 14.3 Å². The van der Waals surface area contributed by atoms with E-state index in [0.29, 0.717) is 25.1 Å². The minimum absolute atomic E-state index is 0. The average Bonchev–Trinajstić information content (AvgIpc) is 3.06. The molecule has 0 radical (unpaired) electrons. The predicted molar refractivity (Wildman–Crippen MR) is 115 cm³/mol. The molecular weight excluding hydrogens is 390 g/mol. The van der Waals surface area contributed by atoms with Crippen LogP contribution < -0.4 is 5.73 Å². The number of likely N-dealkylation sites (tertiary alicyclic amines) is 1. The molecule has 154 valence electrons.